The van der Waals surface area contributed by atoms with Crippen LogP contribution < -0.4 is 10.6 Å². The van der Waals surface area contributed by atoms with Crippen LogP contribution in [0.15, 0.2) is 48.5 Å². The molecule has 0 spiro atoms. The van der Waals surface area contributed by atoms with Crippen molar-refractivity contribution in [2.45, 2.75) is 32.2 Å². The van der Waals surface area contributed by atoms with Gasteiger partial charge >= 0.3 is 5.97 Å². The Bertz CT molecular complexity index is 1150. The summed E-state index contributed by atoms with van der Waals surface area (Å²) in [5.41, 5.74) is 4.69. The second kappa shape index (κ2) is 9.47. The number of ether oxygens (including phenoxy) is 1. The van der Waals surface area contributed by atoms with E-state index in [9.17, 15) is 14.4 Å². The fraction of sp³-hybridized carbons (Fsp3) is 0.250. The Balaban J connectivity index is 1.47. The van der Waals surface area contributed by atoms with Crippen LogP contribution in [0.5, 0.6) is 0 Å². The first-order chi connectivity index (χ1) is 15.5. The Morgan fingerprint density at radius 1 is 1.06 bits per heavy atom. The summed E-state index contributed by atoms with van der Waals surface area (Å²) in [4.78, 5) is 37.2. The molecule has 0 bridgehead atoms. The lowest BCUT2D eigenvalue weighted by molar-refractivity contribution is -0.115. The van der Waals surface area contributed by atoms with Crippen molar-refractivity contribution in [2.75, 3.05) is 12.4 Å². The first-order valence-electron chi connectivity index (χ1n) is 10.4. The quantitative estimate of drug-likeness (QED) is 0.497. The van der Waals surface area contributed by atoms with Gasteiger partial charge in [0.05, 0.1) is 19.1 Å². The van der Waals surface area contributed by atoms with Crippen LogP contribution >= 0.6 is 0 Å². The zero-order chi connectivity index (χ0) is 22.5. The molecule has 0 fully saturated rings. The smallest absolute Gasteiger partial charge is 0.337 e. The van der Waals surface area contributed by atoms with Gasteiger partial charge in [-0.15, -0.1) is 0 Å². The molecule has 32 heavy (non-hydrogen) atoms. The molecule has 1 aromatic heterocycles. The highest BCUT2D eigenvalue weighted by Gasteiger charge is 2.23. The summed E-state index contributed by atoms with van der Waals surface area (Å²) in [6, 6.07) is 14.3. The lowest BCUT2D eigenvalue weighted by Crippen LogP contribution is -2.24. The van der Waals surface area contributed by atoms with E-state index in [1.807, 2.05) is 30.3 Å². The monoisotopic (exact) mass is 432 g/mol. The van der Waals surface area contributed by atoms with Gasteiger partial charge in [-0.25, -0.2) is 4.79 Å². The van der Waals surface area contributed by atoms with Crippen molar-refractivity contribution < 1.29 is 19.1 Å². The number of aromatic amines is 1. The number of anilines is 1. The predicted octanol–water partition coefficient (Wildman–Crippen LogP) is 2.80. The van der Waals surface area contributed by atoms with Crippen molar-refractivity contribution in [2.24, 2.45) is 0 Å². The van der Waals surface area contributed by atoms with Crippen molar-refractivity contribution in [1.82, 2.24) is 15.5 Å². The minimum atomic E-state index is -0.526. The molecule has 164 valence electrons. The summed E-state index contributed by atoms with van der Waals surface area (Å²) in [6.07, 6.45) is 2.96. The van der Waals surface area contributed by atoms with Crippen molar-refractivity contribution in [3.05, 3.63) is 82.2 Å². The van der Waals surface area contributed by atoms with Gasteiger partial charge in [0.15, 0.2) is 5.69 Å². The number of amides is 2. The number of H-pyrrole nitrogens is 1. The first kappa shape index (κ1) is 21.3. The van der Waals surface area contributed by atoms with Gasteiger partial charge in [-0.3, -0.25) is 14.7 Å². The van der Waals surface area contributed by atoms with E-state index in [1.165, 1.54) is 7.11 Å². The van der Waals surface area contributed by atoms with Crippen LogP contribution in [-0.4, -0.2) is 35.1 Å². The van der Waals surface area contributed by atoms with Crippen molar-refractivity contribution in [3.8, 4) is 0 Å². The topological polar surface area (TPSA) is 113 Å². The molecular weight excluding hydrogens is 408 g/mol. The molecule has 0 atom stereocenters. The number of aryl methyl sites for hydroxylation is 1. The number of fused-ring (bicyclic) bond motifs is 1. The largest absolute Gasteiger partial charge is 0.465 e. The van der Waals surface area contributed by atoms with Crippen LogP contribution in [0.2, 0.25) is 0 Å². The standard InChI is InChI=1S/C24H24N4O4/c1-32-24(31)17-10-16(14-25-23(30)22-19-8-5-9-20(19)27-28-22)11-18(13-17)26-21(29)12-15-6-3-2-4-7-15/h2-4,6-7,10-11,13H,5,8-9,12,14H2,1H3,(H,25,30)(H,26,29)(H,27,28). The summed E-state index contributed by atoms with van der Waals surface area (Å²) in [7, 11) is 1.29. The lowest BCUT2D eigenvalue weighted by atomic mass is 10.1. The number of hydrogen-bond donors (Lipinski definition) is 3. The maximum Gasteiger partial charge on any atom is 0.337 e. The molecule has 1 aliphatic rings. The first-order valence-corrected chi connectivity index (χ1v) is 10.4. The number of carbonyl (C=O) groups is 3. The van der Waals surface area contributed by atoms with Crippen LogP contribution in [0.4, 0.5) is 5.69 Å². The van der Waals surface area contributed by atoms with Crippen molar-refractivity contribution in [3.63, 3.8) is 0 Å². The number of aromatic nitrogens is 2. The Morgan fingerprint density at radius 3 is 2.66 bits per heavy atom. The number of hydrogen-bond acceptors (Lipinski definition) is 5. The maximum atomic E-state index is 12.6. The van der Waals surface area contributed by atoms with Gasteiger partial charge < -0.3 is 15.4 Å². The van der Waals surface area contributed by atoms with E-state index in [0.29, 0.717) is 16.9 Å². The van der Waals surface area contributed by atoms with E-state index < -0.39 is 5.97 Å². The minimum Gasteiger partial charge on any atom is -0.465 e. The van der Waals surface area contributed by atoms with Crippen molar-refractivity contribution >= 4 is 23.5 Å². The molecule has 4 rings (SSSR count). The van der Waals surface area contributed by atoms with Gasteiger partial charge in [0, 0.05) is 23.5 Å². The SMILES string of the molecule is COC(=O)c1cc(CNC(=O)c2n[nH]c3c2CCC3)cc(NC(=O)Cc2ccccc2)c1. The highest BCUT2D eigenvalue weighted by atomic mass is 16.5. The number of esters is 1. The maximum absolute atomic E-state index is 12.6. The molecule has 8 heteroatoms. The zero-order valence-electron chi connectivity index (χ0n) is 17.7. The Kier molecular flexibility index (Phi) is 6.30. The van der Waals surface area contributed by atoms with Crippen LogP contribution in [-0.2, 0) is 35.3 Å². The molecule has 0 radical (unpaired) electrons. The molecule has 3 N–H and O–H groups in total. The van der Waals surface area contributed by atoms with E-state index in [1.54, 1.807) is 18.2 Å². The average molecular weight is 432 g/mol. The van der Waals surface area contributed by atoms with E-state index in [-0.39, 0.29) is 30.3 Å². The van der Waals surface area contributed by atoms with Gasteiger partial charge in [0.1, 0.15) is 0 Å². The molecule has 0 aliphatic heterocycles. The molecule has 0 unspecified atom stereocenters. The fourth-order valence-electron chi connectivity index (χ4n) is 3.86. The Hall–Kier alpha value is -3.94. The number of carbonyl (C=O) groups excluding carboxylic acids is 3. The minimum absolute atomic E-state index is 0.173. The lowest BCUT2D eigenvalue weighted by Gasteiger charge is -2.11. The summed E-state index contributed by atoms with van der Waals surface area (Å²) in [6.45, 7) is 0.173. The summed E-state index contributed by atoms with van der Waals surface area (Å²) >= 11 is 0. The normalized spacial score (nSPS) is 12.2. The van der Waals surface area contributed by atoms with Gasteiger partial charge in [0.25, 0.3) is 5.91 Å². The molecule has 2 aromatic carbocycles. The van der Waals surface area contributed by atoms with E-state index >= 15 is 0 Å². The number of rotatable bonds is 7. The number of nitrogens with one attached hydrogen (secondary N) is 3. The van der Waals surface area contributed by atoms with Gasteiger partial charge in [-0.2, -0.15) is 5.10 Å². The molecule has 2 amide bonds. The predicted molar refractivity (Wildman–Crippen MR) is 118 cm³/mol. The van der Waals surface area contributed by atoms with Crippen LogP contribution in [0.25, 0.3) is 0 Å². The third-order valence-electron chi connectivity index (χ3n) is 5.38. The van der Waals surface area contributed by atoms with Gasteiger partial charge in [0.2, 0.25) is 5.91 Å². The van der Waals surface area contributed by atoms with E-state index in [4.69, 9.17) is 4.74 Å². The van der Waals surface area contributed by atoms with Gasteiger partial charge in [-0.1, -0.05) is 30.3 Å². The fourth-order valence-corrected chi connectivity index (χ4v) is 3.86. The number of methoxy groups -OCH3 is 1. The summed E-state index contributed by atoms with van der Waals surface area (Å²) < 4.78 is 4.83. The Labute approximate surface area is 185 Å². The Morgan fingerprint density at radius 2 is 1.88 bits per heavy atom. The van der Waals surface area contributed by atoms with E-state index in [2.05, 4.69) is 20.8 Å². The van der Waals surface area contributed by atoms with Crippen molar-refractivity contribution in [1.29, 1.82) is 0 Å². The van der Waals surface area contributed by atoms with Crippen LogP contribution in [0, 0.1) is 0 Å². The molecule has 1 heterocycles. The molecule has 3 aromatic rings. The number of nitrogens with zero attached hydrogens (tertiary/aromatic N) is 1. The summed E-state index contributed by atoms with van der Waals surface area (Å²) in [5, 5.41) is 12.7. The third kappa shape index (κ3) is 4.85. The molecule has 0 saturated carbocycles. The van der Waals surface area contributed by atoms with Crippen LogP contribution in [0.1, 0.15) is 49.7 Å². The second-order valence-corrected chi connectivity index (χ2v) is 7.69. The van der Waals surface area contributed by atoms with Gasteiger partial charge in [-0.05, 0) is 48.6 Å². The highest BCUT2D eigenvalue weighted by molar-refractivity contribution is 5.96. The number of benzene rings is 2. The molecular formula is C24H24N4O4. The summed E-state index contributed by atoms with van der Waals surface area (Å²) in [5.74, 6) is -1.01. The molecule has 0 saturated heterocycles. The van der Waals surface area contributed by atoms with E-state index in [0.717, 1.165) is 36.1 Å². The second-order valence-electron chi connectivity index (χ2n) is 7.69. The third-order valence-corrected chi connectivity index (χ3v) is 5.38. The molecule has 1 aliphatic carbocycles. The zero-order valence-corrected chi connectivity index (χ0v) is 17.7. The highest BCUT2D eigenvalue weighted by Crippen LogP contribution is 2.23. The molecule has 8 nitrogen and oxygen atoms in total. The average Bonchev–Trinajstić information content (AvgIpc) is 3.41. The van der Waals surface area contributed by atoms with Crippen LogP contribution in [0.3, 0.4) is 0 Å².